The summed E-state index contributed by atoms with van der Waals surface area (Å²) in [6.45, 7) is 3.66. The fourth-order valence-electron chi connectivity index (χ4n) is 4.09. The lowest BCUT2D eigenvalue weighted by atomic mass is 9.98. The third-order valence-electron chi connectivity index (χ3n) is 6.05. The Morgan fingerprint density at radius 2 is 1.85 bits per heavy atom. The Morgan fingerprint density at radius 1 is 1.15 bits per heavy atom. The molecule has 1 saturated heterocycles. The number of rotatable bonds is 6. The number of ether oxygens (including phenoxy) is 1. The highest BCUT2D eigenvalue weighted by molar-refractivity contribution is 7.15. The first kappa shape index (κ1) is 23.4. The van der Waals surface area contributed by atoms with Crippen LogP contribution in [0.1, 0.15) is 40.5 Å². The predicted octanol–water partition coefficient (Wildman–Crippen LogP) is 5.60. The lowest BCUT2D eigenvalue weighted by molar-refractivity contribution is -0.384. The minimum Gasteiger partial charge on any atom is -0.465 e. The van der Waals surface area contributed by atoms with Gasteiger partial charge in [-0.05, 0) is 36.5 Å². The van der Waals surface area contributed by atoms with E-state index in [2.05, 4.69) is 12.2 Å². The van der Waals surface area contributed by atoms with Gasteiger partial charge in [0.1, 0.15) is 16.3 Å². The van der Waals surface area contributed by atoms with Crippen LogP contribution < -0.4 is 10.2 Å². The molecule has 1 fully saturated rings. The number of hydrogen-bond donors (Lipinski definition) is 1. The zero-order valence-corrected chi connectivity index (χ0v) is 19.8. The standard InChI is InChI=1S/C25H25N3O5S/c1-16-10-12-27(13-11-16)20-9-8-18(14-21(20)28(31)32)23(29)26-24-22(25(30)33-2)19(15-34-24)17-6-4-3-5-7-17/h3-9,14-16H,10-13H2,1-2H3,(H,26,29). The number of benzene rings is 2. The Kier molecular flexibility index (Phi) is 6.93. The molecule has 8 nitrogen and oxygen atoms in total. The molecule has 176 valence electrons. The second kappa shape index (κ2) is 10.0. The summed E-state index contributed by atoms with van der Waals surface area (Å²) in [6.07, 6.45) is 1.94. The summed E-state index contributed by atoms with van der Waals surface area (Å²) in [5.41, 5.74) is 2.27. The number of hydrogen-bond acceptors (Lipinski definition) is 7. The summed E-state index contributed by atoms with van der Waals surface area (Å²) >= 11 is 1.20. The van der Waals surface area contributed by atoms with E-state index in [9.17, 15) is 19.7 Å². The van der Waals surface area contributed by atoms with Gasteiger partial charge in [-0.3, -0.25) is 14.9 Å². The van der Waals surface area contributed by atoms with Gasteiger partial charge in [0.15, 0.2) is 0 Å². The van der Waals surface area contributed by atoms with E-state index >= 15 is 0 Å². The number of nitro groups is 1. The third-order valence-corrected chi connectivity index (χ3v) is 6.95. The van der Waals surface area contributed by atoms with E-state index in [0.29, 0.717) is 22.2 Å². The van der Waals surface area contributed by atoms with Crippen LogP contribution in [0.5, 0.6) is 0 Å². The molecule has 4 rings (SSSR count). The molecular formula is C25H25N3O5S. The quantitative estimate of drug-likeness (QED) is 0.281. The number of carbonyl (C=O) groups excluding carboxylic acids is 2. The predicted molar refractivity (Wildman–Crippen MR) is 133 cm³/mol. The summed E-state index contributed by atoms with van der Waals surface area (Å²) in [6, 6.07) is 13.8. The minimum absolute atomic E-state index is 0.105. The van der Waals surface area contributed by atoms with Crippen LogP contribution >= 0.6 is 11.3 Å². The molecule has 0 spiro atoms. The number of nitrogens with one attached hydrogen (secondary N) is 1. The number of amides is 1. The van der Waals surface area contributed by atoms with E-state index < -0.39 is 16.8 Å². The van der Waals surface area contributed by atoms with Crippen LogP contribution in [0.2, 0.25) is 0 Å². The molecule has 34 heavy (non-hydrogen) atoms. The Bertz CT molecular complexity index is 1220. The van der Waals surface area contributed by atoms with Crippen LogP contribution in [0.3, 0.4) is 0 Å². The van der Waals surface area contributed by atoms with Gasteiger partial charge in [-0.1, -0.05) is 37.3 Å². The highest BCUT2D eigenvalue weighted by atomic mass is 32.1. The number of thiophene rings is 1. The summed E-state index contributed by atoms with van der Waals surface area (Å²) in [5, 5.41) is 16.6. The Balaban J connectivity index is 1.63. The number of piperidine rings is 1. The van der Waals surface area contributed by atoms with Crippen LogP contribution in [0.25, 0.3) is 11.1 Å². The first-order valence-corrected chi connectivity index (χ1v) is 11.9. The number of nitrogens with zero attached hydrogens (tertiary/aromatic N) is 2. The molecule has 3 aromatic rings. The van der Waals surface area contributed by atoms with Crippen molar-refractivity contribution < 1.29 is 19.2 Å². The van der Waals surface area contributed by atoms with Crippen molar-refractivity contribution in [2.24, 2.45) is 5.92 Å². The van der Waals surface area contributed by atoms with Crippen molar-refractivity contribution in [1.82, 2.24) is 0 Å². The van der Waals surface area contributed by atoms with Crippen LogP contribution in [0, 0.1) is 16.0 Å². The van der Waals surface area contributed by atoms with Gasteiger partial charge in [-0.15, -0.1) is 11.3 Å². The monoisotopic (exact) mass is 479 g/mol. The van der Waals surface area contributed by atoms with Gasteiger partial charge < -0.3 is 15.0 Å². The molecule has 2 aromatic carbocycles. The molecule has 0 atom stereocenters. The first-order chi connectivity index (χ1) is 16.4. The second-order valence-corrected chi connectivity index (χ2v) is 9.18. The number of anilines is 2. The number of carbonyl (C=O) groups is 2. The fourth-order valence-corrected chi connectivity index (χ4v) is 5.04. The average Bonchev–Trinajstić information content (AvgIpc) is 3.27. The van der Waals surface area contributed by atoms with Gasteiger partial charge in [-0.25, -0.2) is 4.79 Å². The van der Waals surface area contributed by atoms with Gasteiger partial charge >= 0.3 is 5.97 Å². The molecule has 1 aliphatic rings. The van der Waals surface area contributed by atoms with Gasteiger partial charge in [0.2, 0.25) is 0 Å². The average molecular weight is 480 g/mol. The van der Waals surface area contributed by atoms with E-state index in [1.54, 1.807) is 17.5 Å². The second-order valence-electron chi connectivity index (χ2n) is 8.30. The molecule has 0 unspecified atom stereocenters. The van der Waals surface area contributed by atoms with Crippen molar-refractivity contribution in [1.29, 1.82) is 0 Å². The molecule has 1 amide bonds. The maximum absolute atomic E-state index is 13.0. The highest BCUT2D eigenvalue weighted by Gasteiger charge is 2.26. The summed E-state index contributed by atoms with van der Waals surface area (Å²) in [7, 11) is 1.28. The lowest BCUT2D eigenvalue weighted by Crippen LogP contribution is -2.33. The maximum Gasteiger partial charge on any atom is 0.341 e. The molecule has 1 N–H and O–H groups in total. The normalized spacial score (nSPS) is 14.0. The number of methoxy groups -OCH3 is 1. The van der Waals surface area contributed by atoms with Crippen molar-refractivity contribution in [3.8, 4) is 11.1 Å². The Labute approximate surface area is 201 Å². The Hall–Kier alpha value is -3.72. The van der Waals surface area contributed by atoms with Crippen molar-refractivity contribution in [3.63, 3.8) is 0 Å². The first-order valence-electron chi connectivity index (χ1n) is 11.0. The smallest absolute Gasteiger partial charge is 0.341 e. The maximum atomic E-state index is 13.0. The SMILES string of the molecule is COC(=O)c1c(-c2ccccc2)csc1NC(=O)c1ccc(N2CCC(C)CC2)c([N+](=O)[O-])c1. The zero-order valence-electron chi connectivity index (χ0n) is 18.9. The van der Waals surface area contributed by atoms with Crippen LogP contribution in [-0.2, 0) is 4.74 Å². The van der Waals surface area contributed by atoms with E-state index in [1.807, 2.05) is 35.2 Å². The van der Waals surface area contributed by atoms with Crippen LogP contribution in [0.4, 0.5) is 16.4 Å². The molecular weight excluding hydrogens is 454 g/mol. The topological polar surface area (TPSA) is 102 Å². The molecule has 9 heteroatoms. The molecule has 0 bridgehead atoms. The molecule has 0 saturated carbocycles. The fraction of sp³-hybridized carbons (Fsp3) is 0.280. The van der Waals surface area contributed by atoms with Gasteiger partial charge in [0.05, 0.1) is 12.0 Å². The molecule has 0 aliphatic carbocycles. The van der Waals surface area contributed by atoms with Crippen molar-refractivity contribution in [2.75, 3.05) is 30.4 Å². The third kappa shape index (κ3) is 4.79. The number of esters is 1. The molecule has 2 heterocycles. The van der Waals surface area contributed by atoms with Gasteiger partial charge in [0.25, 0.3) is 11.6 Å². The summed E-state index contributed by atoms with van der Waals surface area (Å²) in [4.78, 5) is 38.9. The lowest BCUT2D eigenvalue weighted by Gasteiger charge is -2.31. The van der Waals surface area contributed by atoms with Gasteiger partial charge in [-0.2, -0.15) is 0 Å². The Morgan fingerprint density at radius 3 is 2.50 bits per heavy atom. The van der Waals surface area contributed by atoms with E-state index in [4.69, 9.17) is 4.74 Å². The molecule has 0 radical (unpaired) electrons. The van der Waals surface area contributed by atoms with Gasteiger partial charge in [0, 0.05) is 35.7 Å². The zero-order chi connectivity index (χ0) is 24.2. The van der Waals surface area contributed by atoms with Crippen molar-refractivity contribution in [2.45, 2.75) is 19.8 Å². The highest BCUT2D eigenvalue weighted by Crippen LogP contribution is 2.37. The molecule has 1 aliphatic heterocycles. The van der Waals surface area contributed by atoms with E-state index in [0.717, 1.165) is 31.5 Å². The van der Waals surface area contributed by atoms with E-state index in [1.165, 1.54) is 24.5 Å². The minimum atomic E-state index is -0.573. The van der Waals surface area contributed by atoms with Crippen LogP contribution in [-0.4, -0.2) is 37.0 Å². The summed E-state index contributed by atoms with van der Waals surface area (Å²) < 4.78 is 4.95. The largest absolute Gasteiger partial charge is 0.465 e. The van der Waals surface area contributed by atoms with Crippen LogP contribution in [0.15, 0.2) is 53.9 Å². The number of nitro benzene ring substituents is 1. The van der Waals surface area contributed by atoms with E-state index in [-0.39, 0.29) is 16.8 Å². The van der Waals surface area contributed by atoms with Crippen molar-refractivity contribution >= 4 is 39.6 Å². The summed E-state index contributed by atoms with van der Waals surface area (Å²) in [5.74, 6) is -0.513. The molecule has 1 aromatic heterocycles. The van der Waals surface area contributed by atoms with Crippen molar-refractivity contribution in [3.05, 3.63) is 75.2 Å².